The molecule has 2 N–H and O–H groups in total. The van der Waals surface area contributed by atoms with Gasteiger partial charge < -0.3 is 10.2 Å². The van der Waals surface area contributed by atoms with Gasteiger partial charge in [0.25, 0.3) is 6.01 Å². The first kappa shape index (κ1) is 6.85. The molecule has 2 nitrogen and oxygen atoms in total. The van der Waals surface area contributed by atoms with E-state index in [1.54, 1.807) is 6.07 Å². The molecule has 1 saturated carbocycles. The van der Waals surface area contributed by atoms with E-state index in [1.807, 2.05) is 0 Å². The predicted octanol–water partition coefficient (Wildman–Crippen LogP) is 1.83. The van der Waals surface area contributed by atoms with Gasteiger partial charge in [0, 0.05) is 6.07 Å². The van der Waals surface area contributed by atoms with Gasteiger partial charge in [-0.25, -0.2) is 0 Å². The molecule has 0 unspecified atom stereocenters. The molecule has 11 heavy (non-hydrogen) atoms. The van der Waals surface area contributed by atoms with Gasteiger partial charge >= 0.3 is 0 Å². The lowest BCUT2D eigenvalue weighted by Crippen LogP contribution is -2.10. The molecule has 1 aromatic heterocycles. The Labute approximate surface area is 64.2 Å². The van der Waals surface area contributed by atoms with Crippen LogP contribution in [-0.4, -0.2) is 0 Å². The molecule has 1 atom stereocenters. The van der Waals surface area contributed by atoms with Crippen LogP contribution < -0.4 is 5.73 Å². The van der Waals surface area contributed by atoms with Gasteiger partial charge in [-0.15, -0.1) is 0 Å². The Bertz CT molecular complexity index is 254. The SMILES string of the molecule is N[C@@H](c1ccc(F)o1)C1CC1. The van der Waals surface area contributed by atoms with E-state index in [2.05, 4.69) is 0 Å². The number of nitrogens with two attached hydrogens (primary N) is 1. The molecule has 1 heterocycles. The minimum atomic E-state index is -0.545. The highest BCUT2D eigenvalue weighted by Crippen LogP contribution is 2.39. The second-order valence-corrected chi connectivity index (χ2v) is 3.01. The van der Waals surface area contributed by atoms with Crippen LogP contribution in [0.25, 0.3) is 0 Å². The largest absolute Gasteiger partial charge is 0.434 e. The zero-order valence-electron chi connectivity index (χ0n) is 6.09. The topological polar surface area (TPSA) is 39.2 Å². The summed E-state index contributed by atoms with van der Waals surface area (Å²) in [6, 6.07) is 2.27. The van der Waals surface area contributed by atoms with Crippen molar-refractivity contribution < 1.29 is 8.81 Å². The summed E-state index contributed by atoms with van der Waals surface area (Å²) in [7, 11) is 0. The Hall–Kier alpha value is -0.830. The smallest absolute Gasteiger partial charge is 0.277 e. The number of rotatable bonds is 2. The maximum Gasteiger partial charge on any atom is 0.277 e. The van der Waals surface area contributed by atoms with Crippen LogP contribution in [0.4, 0.5) is 4.39 Å². The first-order valence-electron chi connectivity index (χ1n) is 3.78. The molecule has 2 rings (SSSR count). The van der Waals surface area contributed by atoms with Crippen molar-refractivity contribution in [3.05, 3.63) is 23.9 Å². The predicted molar refractivity (Wildman–Crippen MR) is 38.3 cm³/mol. The van der Waals surface area contributed by atoms with E-state index in [0.717, 1.165) is 12.8 Å². The van der Waals surface area contributed by atoms with Gasteiger partial charge in [0.05, 0.1) is 6.04 Å². The molecule has 1 fully saturated rings. The molecule has 1 aliphatic rings. The lowest BCUT2D eigenvalue weighted by atomic mass is 10.1. The van der Waals surface area contributed by atoms with E-state index >= 15 is 0 Å². The summed E-state index contributed by atoms with van der Waals surface area (Å²) in [6.07, 6.45) is 2.28. The van der Waals surface area contributed by atoms with Crippen molar-refractivity contribution in [2.45, 2.75) is 18.9 Å². The summed E-state index contributed by atoms with van der Waals surface area (Å²) < 4.78 is 17.1. The van der Waals surface area contributed by atoms with Crippen molar-refractivity contribution >= 4 is 0 Å². The van der Waals surface area contributed by atoms with Crippen molar-refractivity contribution in [3.8, 4) is 0 Å². The minimum absolute atomic E-state index is 0.0977. The van der Waals surface area contributed by atoms with Crippen LogP contribution >= 0.6 is 0 Å². The van der Waals surface area contributed by atoms with Crippen molar-refractivity contribution in [2.75, 3.05) is 0 Å². The minimum Gasteiger partial charge on any atom is -0.434 e. The summed E-state index contributed by atoms with van der Waals surface area (Å²) in [5.41, 5.74) is 5.75. The van der Waals surface area contributed by atoms with Crippen LogP contribution in [0, 0.1) is 11.9 Å². The Balaban J connectivity index is 2.14. The molecule has 0 aliphatic heterocycles. The second-order valence-electron chi connectivity index (χ2n) is 3.01. The Morgan fingerprint density at radius 3 is 2.73 bits per heavy atom. The average Bonchev–Trinajstić information content (AvgIpc) is 2.74. The zero-order valence-corrected chi connectivity index (χ0v) is 6.09. The third kappa shape index (κ3) is 1.28. The first-order valence-corrected chi connectivity index (χ1v) is 3.78. The van der Waals surface area contributed by atoms with Crippen molar-refractivity contribution in [1.29, 1.82) is 0 Å². The highest BCUT2D eigenvalue weighted by Gasteiger charge is 2.31. The van der Waals surface area contributed by atoms with Gasteiger partial charge in [-0.1, -0.05) is 0 Å². The molecular weight excluding hydrogens is 145 g/mol. The monoisotopic (exact) mass is 155 g/mol. The molecular formula is C8H10FNO. The van der Waals surface area contributed by atoms with Gasteiger partial charge in [-0.2, -0.15) is 4.39 Å². The average molecular weight is 155 g/mol. The molecule has 0 radical (unpaired) electrons. The van der Waals surface area contributed by atoms with Gasteiger partial charge in [0.1, 0.15) is 5.76 Å². The van der Waals surface area contributed by atoms with Gasteiger partial charge in [-0.3, -0.25) is 0 Å². The number of hydrogen-bond acceptors (Lipinski definition) is 2. The van der Waals surface area contributed by atoms with Crippen molar-refractivity contribution in [2.24, 2.45) is 11.7 Å². The maximum atomic E-state index is 12.3. The summed E-state index contributed by atoms with van der Waals surface area (Å²) in [5, 5.41) is 0. The third-order valence-corrected chi connectivity index (χ3v) is 2.05. The number of halogens is 1. The Kier molecular flexibility index (Phi) is 1.46. The van der Waals surface area contributed by atoms with E-state index in [-0.39, 0.29) is 6.04 Å². The fraction of sp³-hybridized carbons (Fsp3) is 0.500. The van der Waals surface area contributed by atoms with Gasteiger partial charge in [-0.05, 0) is 24.8 Å². The molecule has 1 aliphatic carbocycles. The summed E-state index contributed by atoms with van der Waals surface area (Å²) in [4.78, 5) is 0. The fourth-order valence-electron chi connectivity index (χ4n) is 1.20. The third-order valence-electron chi connectivity index (χ3n) is 2.05. The normalized spacial score (nSPS) is 20.2. The van der Waals surface area contributed by atoms with E-state index in [9.17, 15) is 4.39 Å². The molecule has 0 saturated heterocycles. The quantitative estimate of drug-likeness (QED) is 0.707. The molecule has 3 heteroatoms. The number of furan rings is 1. The van der Waals surface area contributed by atoms with E-state index in [4.69, 9.17) is 10.2 Å². The van der Waals surface area contributed by atoms with Crippen LogP contribution in [0.2, 0.25) is 0 Å². The summed E-state index contributed by atoms with van der Waals surface area (Å²) in [5.74, 6) is 1.09. The lowest BCUT2D eigenvalue weighted by molar-refractivity contribution is 0.318. The summed E-state index contributed by atoms with van der Waals surface area (Å²) >= 11 is 0. The molecule has 0 aromatic carbocycles. The lowest BCUT2D eigenvalue weighted by Gasteiger charge is -2.04. The molecule has 0 spiro atoms. The van der Waals surface area contributed by atoms with E-state index in [0.29, 0.717) is 11.7 Å². The van der Waals surface area contributed by atoms with Crippen LogP contribution in [-0.2, 0) is 0 Å². The molecule has 0 amide bonds. The van der Waals surface area contributed by atoms with E-state index in [1.165, 1.54) is 6.07 Å². The van der Waals surface area contributed by atoms with Crippen LogP contribution in [0.3, 0.4) is 0 Å². The maximum absolute atomic E-state index is 12.3. The second kappa shape index (κ2) is 2.34. The first-order chi connectivity index (χ1) is 5.27. The Morgan fingerprint density at radius 1 is 1.55 bits per heavy atom. The van der Waals surface area contributed by atoms with Crippen LogP contribution in [0.15, 0.2) is 16.5 Å². The zero-order chi connectivity index (χ0) is 7.84. The number of hydrogen-bond donors (Lipinski definition) is 1. The van der Waals surface area contributed by atoms with Gasteiger partial charge in [0.2, 0.25) is 0 Å². The highest BCUT2D eigenvalue weighted by molar-refractivity contribution is 5.08. The van der Waals surface area contributed by atoms with Crippen molar-refractivity contribution in [3.63, 3.8) is 0 Å². The Morgan fingerprint density at radius 2 is 2.27 bits per heavy atom. The fourth-order valence-corrected chi connectivity index (χ4v) is 1.20. The summed E-state index contributed by atoms with van der Waals surface area (Å²) in [6.45, 7) is 0. The van der Waals surface area contributed by atoms with Crippen LogP contribution in [0.5, 0.6) is 0 Å². The standard InChI is InChI=1S/C8H10FNO/c9-7-4-3-6(11-7)8(10)5-1-2-5/h3-5,8H,1-2,10H2/t8-/m1/s1. The molecule has 60 valence electrons. The van der Waals surface area contributed by atoms with Crippen molar-refractivity contribution in [1.82, 2.24) is 0 Å². The highest BCUT2D eigenvalue weighted by atomic mass is 19.1. The van der Waals surface area contributed by atoms with E-state index < -0.39 is 6.01 Å². The van der Waals surface area contributed by atoms with Crippen LogP contribution in [0.1, 0.15) is 24.6 Å². The molecule has 1 aromatic rings. The molecule has 0 bridgehead atoms. The van der Waals surface area contributed by atoms with Gasteiger partial charge in [0.15, 0.2) is 0 Å².